The second-order valence-corrected chi connectivity index (χ2v) is 6.77. The average Bonchev–Trinajstić information content (AvgIpc) is 2.82. The van der Waals surface area contributed by atoms with Gasteiger partial charge in [-0.1, -0.05) is 45.4 Å². The highest BCUT2D eigenvalue weighted by Gasteiger charge is 2.21. The Morgan fingerprint density at radius 3 is 2.45 bits per heavy atom. The second kappa shape index (κ2) is 5.95. The van der Waals surface area contributed by atoms with Gasteiger partial charge in [-0.15, -0.1) is 0 Å². The zero-order chi connectivity index (χ0) is 16.5. The molecule has 0 atom stereocenters. The number of hydrogen-bond acceptors (Lipinski definition) is 2. The zero-order valence-electron chi connectivity index (χ0n) is 14.3. The Kier molecular flexibility index (Phi) is 4.40. The van der Waals surface area contributed by atoms with Crippen LogP contribution in [0.25, 0.3) is 5.69 Å². The van der Waals surface area contributed by atoms with Gasteiger partial charge >= 0.3 is 0 Å². The van der Waals surface area contributed by atoms with Crippen molar-refractivity contribution in [1.29, 1.82) is 0 Å². The van der Waals surface area contributed by atoms with Crippen molar-refractivity contribution in [3.8, 4) is 5.69 Å². The summed E-state index contributed by atoms with van der Waals surface area (Å²) in [6, 6.07) is 8.20. The van der Waals surface area contributed by atoms with Crippen molar-refractivity contribution in [3.05, 3.63) is 41.1 Å². The van der Waals surface area contributed by atoms with Gasteiger partial charge in [0.1, 0.15) is 5.82 Å². The lowest BCUT2D eigenvalue weighted by Gasteiger charge is -2.14. The topological polar surface area (TPSA) is 46.9 Å². The molecule has 4 nitrogen and oxygen atoms in total. The maximum absolute atomic E-state index is 11.8. The average molecular weight is 299 g/mol. The quantitative estimate of drug-likeness (QED) is 0.926. The summed E-state index contributed by atoms with van der Waals surface area (Å²) in [7, 11) is 0. The number of anilines is 1. The third-order valence-electron chi connectivity index (χ3n) is 3.65. The third kappa shape index (κ3) is 3.38. The summed E-state index contributed by atoms with van der Waals surface area (Å²) in [5, 5.41) is 7.69. The fourth-order valence-corrected chi connectivity index (χ4v) is 2.29. The van der Waals surface area contributed by atoms with Crippen molar-refractivity contribution in [1.82, 2.24) is 9.78 Å². The first-order chi connectivity index (χ1) is 10.2. The second-order valence-electron chi connectivity index (χ2n) is 6.77. The molecule has 0 saturated carbocycles. The van der Waals surface area contributed by atoms with E-state index in [-0.39, 0.29) is 11.3 Å². The number of rotatable bonds is 3. The number of aryl methyl sites for hydroxylation is 2. The standard InChI is InChI=1S/C18H25N3O/c1-7-17(22)19-16-11-15(18(4,5)6)20-21(16)14-9-8-12(2)10-13(14)3/h8-11H,7H2,1-6H3,(H,19,22). The van der Waals surface area contributed by atoms with Crippen molar-refractivity contribution in [2.24, 2.45) is 0 Å². The molecule has 4 heteroatoms. The fraction of sp³-hybridized carbons (Fsp3) is 0.444. The number of carbonyl (C=O) groups is 1. The van der Waals surface area contributed by atoms with Gasteiger partial charge in [-0.25, -0.2) is 4.68 Å². The first-order valence-electron chi connectivity index (χ1n) is 7.70. The third-order valence-corrected chi connectivity index (χ3v) is 3.65. The molecule has 118 valence electrons. The van der Waals surface area contributed by atoms with Crippen LogP contribution in [0.1, 0.15) is 50.9 Å². The van der Waals surface area contributed by atoms with Crippen LogP contribution in [-0.2, 0) is 10.2 Å². The van der Waals surface area contributed by atoms with Crippen molar-refractivity contribution in [2.45, 2.75) is 53.4 Å². The number of nitrogens with one attached hydrogen (secondary N) is 1. The van der Waals surface area contributed by atoms with Crippen LogP contribution in [0.3, 0.4) is 0 Å². The maximum atomic E-state index is 11.8. The molecule has 0 radical (unpaired) electrons. The summed E-state index contributed by atoms with van der Waals surface area (Å²) in [5.74, 6) is 0.718. The molecule has 22 heavy (non-hydrogen) atoms. The Hall–Kier alpha value is -2.10. The summed E-state index contributed by atoms with van der Waals surface area (Å²) in [5.41, 5.74) is 4.22. The predicted molar refractivity (Wildman–Crippen MR) is 90.7 cm³/mol. The Morgan fingerprint density at radius 1 is 1.23 bits per heavy atom. The van der Waals surface area contributed by atoms with Crippen LogP contribution >= 0.6 is 0 Å². The highest BCUT2D eigenvalue weighted by molar-refractivity contribution is 5.90. The summed E-state index contributed by atoms with van der Waals surface area (Å²) >= 11 is 0. The summed E-state index contributed by atoms with van der Waals surface area (Å²) < 4.78 is 1.84. The van der Waals surface area contributed by atoms with Crippen molar-refractivity contribution in [3.63, 3.8) is 0 Å². The van der Waals surface area contributed by atoms with Gasteiger partial charge in [0.2, 0.25) is 5.91 Å². The molecule has 0 unspecified atom stereocenters. The minimum atomic E-state index is -0.0739. The largest absolute Gasteiger partial charge is 0.311 e. The van der Waals surface area contributed by atoms with E-state index in [1.54, 1.807) is 0 Å². The van der Waals surface area contributed by atoms with E-state index in [2.05, 4.69) is 52.1 Å². The molecule has 0 aliphatic rings. The van der Waals surface area contributed by atoms with E-state index in [1.165, 1.54) is 5.56 Å². The van der Waals surface area contributed by atoms with E-state index in [0.717, 1.165) is 22.8 Å². The summed E-state index contributed by atoms with van der Waals surface area (Å²) in [6.07, 6.45) is 0.447. The van der Waals surface area contributed by atoms with Gasteiger partial charge in [-0.05, 0) is 25.5 Å². The van der Waals surface area contributed by atoms with E-state index >= 15 is 0 Å². The molecule has 0 fully saturated rings. The van der Waals surface area contributed by atoms with E-state index in [0.29, 0.717) is 6.42 Å². The van der Waals surface area contributed by atoms with Crippen molar-refractivity contribution >= 4 is 11.7 Å². The van der Waals surface area contributed by atoms with Crippen LogP contribution < -0.4 is 5.32 Å². The fourth-order valence-electron chi connectivity index (χ4n) is 2.29. The predicted octanol–water partition coefficient (Wildman–Crippen LogP) is 4.14. The maximum Gasteiger partial charge on any atom is 0.225 e. The molecule has 0 bridgehead atoms. The van der Waals surface area contributed by atoms with Crippen molar-refractivity contribution < 1.29 is 4.79 Å². The Bertz CT molecular complexity index is 693. The monoisotopic (exact) mass is 299 g/mol. The molecule has 1 amide bonds. The normalized spacial score (nSPS) is 11.5. The number of benzene rings is 1. The smallest absolute Gasteiger partial charge is 0.225 e. The Labute approximate surface area is 132 Å². The molecule has 0 aliphatic heterocycles. The SMILES string of the molecule is CCC(=O)Nc1cc(C(C)(C)C)nn1-c1ccc(C)cc1C. The number of carbonyl (C=O) groups excluding carboxylic acids is 1. The van der Waals surface area contributed by atoms with Crippen LogP contribution in [0.2, 0.25) is 0 Å². The lowest BCUT2D eigenvalue weighted by atomic mass is 9.92. The van der Waals surface area contributed by atoms with E-state index in [9.17, 15) is 4.79 Å². The molecular formula is C18H25N3O. The molecule has 1 aromatic heterocycles. The molecule has 0 saturated heterocycles. The molecule has 1 N–H and O–H groups in total. The Balaban J connectivity index is 2.57. The van der Waals surface area contributed by atoms with Crippen molar-refractivity contribution in [2.75, 3.05) is 5.32 Å². The molecular weight excluding hydrogens is 274 g/mol. The van der Waals surface area contributed by atoms with E-state index in [4.69, 9.17) is 5.10 Å². The molecule has 1 aromatic carbocycles. The first-order valence-corrected chi connectivity index (χ1v) is 7.70. The number of aromatic nitrogens is 2. The van der Waals surface area contributed by atoms with E-state index < -0.39 is 0 Å². The van der Waals surface area contributed by atoms with Gasteiger partial charge in [0.15, 0.2) is 0 Å². The summed E-state index contributed by atoms with van der Waals surface area (Å²) in [4.78, 5) is 11.8. The number of hydrogen-bond donors (Lipinski definition) is 1. The van der Waals surface area contributed by atoms with Gasteiger partial charge in [-0.3, -0.25) is 4.79 Å². The molecule has 2 rings (SSSR count). The minimum absolute atomic E-state index is 0.00799. The highest BCUT2D eigenvalue weighted by atomic mass is 16.1. The van der Waals surface area contributed by atoms with Gasteiger partial charge in [0, 0.05) is 17.9 Å². The Morgan fingerprint density at radius 2 is 1.91 bits per heavy atom. The van der Waals surface area contributed by atoms with Crippen LogP contribution in [0.5, 0.6) is 0 Å². The highest BCUT2D eigenvalue weighted by Crippen LogP contribution is 2.27. The van der Waals surface area contributed by atoms with Crippen LogP contribution in [0.15, 0.2) is 24.3 Å². The lowest BCUT2D eigenvalue weighted by Crippen LogP contribution is -2.14. The molecule has 0 aliphatic carbocycles. The lowest BCUT2D eigenvalue weighted by molar-refractivity contribution is -0.115. The first kappa shape index (κ1) is 16.3. The molecule has 2 aromatic rings. The van der Waals surface area contributed by atoms with Crippen LogP contribution in [0.4, 0.5) is 5.82 Å². The van der Waals surface area contributed by atoms with E-state index in [1.807, 2.05) is 23.7 Å². The van der Waals surface area contributed by atoms with Gasteiger partial charge in [-0.2, -0.15) is 5.10 Å². The molecule has 0 spiro atoms. The minimum Gasteiger partial charge on any atom is -0.311 e. The molecule has 1 heterocycles. The van der Waals surface area contributed by atoms with Gasteiger partial charge in [0.05, 0.1) is 11.4 Å². The number of nitrogens with zero attached hydrogens (tertiary/aromatic N) is 2. The van der Waals surface area contributed by atoms with Crippen LogP contribution in [0, 0.1) is 13.8 Å². The van der Waals surface area contributed by atoms with Gasteiger partial charge in [0.25, 0.3) is 0 Å². The summed E-state index contributed by atoms with van der Waals surface area (Å²) in [6.45, 7) is 12.3. The van der Waals surface area contributed by atoms with Gasteiger partial charge < -0.3 is 5.32 Å². The zero-order valence-corrected chi connectivity index (χ0v) is 14.3. The number of amides is 1. The van der Waals surface area contributed by atoms with Crippen LogP contribution in [-0.4, -0.2) is 15.7 Å².